The van der Waals surface area contributed by atoms with E-state index in [4.69, 9.17) is 44.3 Å². The molecule has 0 aliphatic heterocycles. The number of H-pyrrole nitrogens is 1. The summed E-state index contributed by atoms with van der Waals surface area (Å²) in [5, 5.41) is 8.07. The summed E-state index contributed by atoms with van der Waals surface area (Å²) >= 11 is 0. The summed E-state index contributed by atoms with van der Waals surface area (Å²) in [7, 11) is -7.79. The van der Waals surface area contributed by atoms with Crippen molar-refractivity contribution in [2.75, 3.05) is 77.0 Å². The maximum atomic E-state index is 12.4. The number of aromatic amines is 1. The molecular weight excluding hydrogens is 1180 g/mol. The van der Waals surface area contributed by atoms with Crippen molar-refractivity contribution in [3.05, 3.63) is 47.3 Å². The number of nitrogen functional groups attached to an aromatic ring is 2. The van der Waals surface area contributed by atoms with Crippen LogP contribution in [0.1, 0.15) is 219 Å². The van der Waals surface area contributed by atoms with Crippen LogP contribution in [0, 0.1) is 0 Å². The lowest BCUT2D eigenvalue weighted by Gasteiger charge is -2.13. The third-order valence-electron chi connectivity index (χ3n) is 15.2. The van der Waals surface area contributed by atoms with E-state index in [9.17, 15) is 23.7 Å². The number of unbranched alkanes of at least 4 members (excludes halogenated alkanes) is 30. The molecule has 502 valence electrons. The molecule has 0 saturated carbocycles. The van der Waals surface area contributed by atoms with E-state index in [1.54, 1.807) is 15.5 Å². The number of fused-ring (bicyclic) bond motifs is 3. The first-order valence-corrected chi connectivity index (χ1v) is 36.8. The van der Waals surface area contributed by atoms with Gasteiger partial charge in [0, 0.05) is 26.3 Å². The predicted octanol–water partition coefficient (Wildman–Crippen LogP) is 13.6. The van der Waals surface area contributed by atoms with Crippen LogP contribution < -0.4 is 21.9 Å². The number of rotatable bonds is 54. The topological polar surface area (TPSA) is 329 Å². The zero-order valence-corrected chi connectivity index (χ0v) is 55.4. The van der Waals surface area contributed by atoms with Gasteiger partial charge in [0.15, 0.2) is 22.3 Å². The highest BCUT2D eigenvalue weighted by atomic mass is 31.2. The Morgan fingerprint density at radius 3 is 1.37 bits per heavy atom. The maximum Gasteiger partial charge on any atom is 0.353 e. The summed E-state index contributed by atoms with van der Waals surface area (Å²) in [5.74, 6) is 0.0912. The molecule has 0 spiro atoms. The number of nitrogens with zero attached hydrogens (tertiary/aromatic N) is 10. The number of hydrogen-bond acceptors (Lipinski definition) is 19. The lowest BCUT2D eigenvalue weighted by molar-refractivity contribution is 0.0841. The summed E-state index contributed by atoms with van der Waals surface area (Å²) in [5.41, 5.74) is 13.7. The minimum absolute atomic E-state index is 0.00883. The Morgan fingerprint density at radius 2 is 0.910 bits per heavy atom. The van der Waals surface area contributed by atoms with Crippen LogP contribution >= 0.6 is 15.2 Å². The molecule has 2 unspecified atom stereocenters. The molecule has 1 aromatic carbocycles. The number of ether oxygens (including phenoxy) is 4. The van der Waals surface area contributed by atoms with Crippen molar-refractivity contribution in [2.24, 2.45) is 0 Å². The number of para-hydroxylation sites is 1. The summed E-state index contributed by atoms with van der Waals surface area (Å²) in [6, 6.07) is 7.32. The molecule has 0 fully saturated rings. The molecule has 27 heteroatoms. The van der Waals surface area contributed by atoms with Crippen molar-refractivity contribution in [3.63, 3.8) is 0 Å². The number of benzene rings is 1. The standard InChI is InChI=1S/C34H55N8O6P.C28H52N5O6P/c1-2-3-4-5-6-7-8-9-10-11-12-13-14-15-16-19-23-45-25-26-47-49(43,44)28-46-24-22-41-27-36-31-32(41)37-34(35)38-33(31)48-42-30-21-18-17-20-29(30)39-40-42;1-2-3-4-5-6-7-8-9-10-11-12-13-14-15-16-17-19-37-21-22-39-40(35,36)24-38-20-18-33-23-30-25-26(33)31-28(29)32-27(25)34/h17-18,20-21,27H,2-16,19,22-26,28H2,1H3,(H,43,44)(H2,35,37,38);23H,2-22,24H2,1H3,(H,35,36)(H3,29,31,32,34). The highest BCUT2D eigenvalue weighted by molar-refractivity contribution is 7.52. The van der Waals surface area contributed by atoms with Crippen LogP contribution in [0.15, 0.2) is 41.7 Å². The van der Waals surface area contributed by atoms with E-state index >= 15 is 0 Å². The van der Waals surface area contributed by atoms with Gasteiger partial charge in [0.05, 0.1) is 52.3 Å². The molecule has 0 aliphatic carbocycles. The highest BCUT2D eigenvalue weighted by Crippen LogP contribution is 2.42. The van der Waals surface area contributed by atoms with E-state index < -0.39 is 33.4 Å². The zero-order chi connectivity index (χ0) is 63.5. The zero-order valence-electron chi connectivity index (χ0n) is 53.6. The quantitative estimate of drug-likeness (QED) is 0.0175. The molecule has 6 rings (SSSR count). The molecule has 6 aromatic rings. The molecule has 0 aliphatic rings. The minimum Gasteiger partial charge on any atom is -0.379 e. The lowest BCUT2D eigenvalue weighted by atomic mass is 10.0. The summed E-state index contributed by atoms with van der Waals surface area (Å²) in [6.45, 7) is 7.21. The normalized spacial score (nSPS) is 13.1. The smallest absolute Gasteiger partial charge is 0.353 e. The number of imidazole rings is 2. The highest BCUT2D eigenvalue weighted by Gasteiger charge is 2.22. The van der Waals surface area contributed by atoms with Gasteiger partial charge in [-0.3, -0.25) is 18.9 Å². The molecular formula is C62H107N13O12P2. The molecule has 0 bridgehead atoms. The van der Waals surface area contributed by atoms with Crippen LogP contribution in [-0.2, 0) is 50.2 Å². The molecule has 89 heavy (non-hydrogen) atoms. The van der Waals surface area contributed by atoms with Crippen molar-refractivity contribution >= 4 is 60.4 Å². The van der Waals surface area contributed by atoms with Crippen LogP contribution in [0.3, 0.4) is 0 Å². The van der Waals surface area contributed by atoms with Crippen molar-refractivity contribution < 1.29 is 51.7 Å². The SMILES string of the molecule is CCCCCCCCCCCCCCCCCCOCCOP(=O)(O)COCCn1cnc2c(=O)[nH]c(N)nc21.CCCCCCCCCCCCCCCCCCOCCOP(=O)(O)COCCn1cnc2c(On3nnc4ccccc43)nc(N)nc21. The van der Waals surface area contributed by atoms with E-state index in [1.165, 1.54) is 191 Å². The van der Waals surface area contributed by atoms with E-state index in [1.807, 2.05) is 24.3 Å². The third kappa shape index (κ3) is 31.8. The number of aromatic nitrogens is 11. The second-order valence-corrected chi connectivity index (χ2v) is 26.5. The van der Waals surface area contributed by atoms with Crippen molar-refractivity contribution in [3.8, 4) is 5.88 Å². The molecule has 2 atom stereocenters. The summed E-state index contributed by atoms with van der Waals surface area (Å²) in [4.78, 5) is 62.2. The van der Waals surface area contributed by atoms with Crippen molar-refractivity contribution in [2.45, 2.75) is 232 Å². The van der Waals surface area contributed by atoms with Gasteiger partial charge in [0.2, 0.25) is 11.9 Å². The minimum atomic E-state index is -3.92. The Bertz CT molecular complexity index is 2960. The third-order valence-corrected chi connectivity index (χ3v) is 17.4. The van der Waals surface area contributed by atoms with Gasteiger partial charge in [-0.2, -0.15) is 15.0 Å². The number of nitrogens with two attached hydrogens (primary N) is 2. The maximum absolute atomic E-state index is 12.4. The van der Waals surface area contributed by atoms with Gasteiger partial charge in [-0.25, -0.2) is 9.97 Å². The van der Waals surface area contributed by atoms with Gasteiger partial charge >= 0.3 is 15.2 Å². The van der Waals surface area contributed by atoms with E-state index in [-0.39, 0.29) is 69.5 Å². The molecule has 7 N–H and O–H groups in total. The Hall–Kier alpha value is -4.94. The van der Waals surface area contributed by atoms with Gasteiger partial charge in [-0.15, -0.1) is 5.10 Å². The Balaban J connectivity index is 0.000000331. The van der Waals surface area contributed by atoms with Gasteiger partial charge in [-0.05, 0) is 30.2 Å². The Morgan fingerprint density at radius 1 is 0.494 bits per heavy atom. The fourth-order valence-electron chi connectivity index (χ4n) is 10.2. The average molecular weight is 1290 g/mol. The number of nitrogens with one attached hydrogen (secondary N) is 1. The Labute approximate surface area is 526 Å². The number of anilines is 2. The fraction of sp³-hybridized carbons (Fsp3) is 0.742. The van der Waals surface area contributed by atoms with E-state index in [2.05, 4.69) is 54.1 Å². The Kier molecular flexibility index (Phi) is 38.1. The summed E-state index contributed by atoms with van der Waals surface area (Å²) < 4.78 is 59.9. The molecule has 0 amide bonds. The molecule has 5 aromatic heterocycles. The predicted molar refractivity (Wildman–Crippen MR) is 350 cm³/mol. The molecule has 5 heterocycles. The van der Waals surface area contributed by atoms with Crippen LogP contribution in [0.25, 0.3) is 33.4 Å². The van der Waals surface area contributed by atoms with Gasteiger partial charge < -0.3 is 63.2 Å². The van der Waals surface area contributed by atoms with Crippen molar-refractivity contribution in [1.82, 2.24) is 54.2 Å². The van der Waals surface area contributed by atoms with Crippen LogP contribution in [0.4, 0.5) is 11.9 Å². The second-order valence-electron chi connectivity index (χ2n) is 22.9. The first-order valence-electron chi connectivity index (χ1n) is 33.3. The van der Waals surface area contributed by atoms with E-state index in [0.717, 1.165) is 25.7 Å². The second kappa shape index (κ2) is 45.3. The number of hydrogen-bond donors (Lipinski definition) is 5. The van der Waals surface area contributed by atoms with Crippen LogP contribution in [0.2, 0.25) is 0 Å². The summed E-state index contributed by atoms with van der Waals surface area (Å²) in [6.07, 6.45) is 44.6. The van der Waals surface area contributed by atoms with Crippen molar-refractivity contribution in [1.29, 1.82) is 0 Å². The van der Waals surface area contributed by atoms with Crippen LogP contribution in [0.5, 0.6) is 5.88 Å². The van der Waals surface area contributed by atoms with E-state index in [0.29, 0.717) is 47.6 Å². The lowest BCUT2D eigenvalue weighted by Crippen LogP contribution is -2.13. The molecule has 25 nitrogen and oxygen atoms in total. The largest absolute Gasteiger partial charge is 0.379 e. The molecule has 0 radical (unpaired) electrons. The van der Waals surface area contributed by atoms with Gasteiger partial charge in [-0.1, -0.05) is 223 Å². The fourth-order valence-corrected chi connectivity index (χ4v) is 11.8. The first-order chi connectivity index (χ1) is 43.4. The van der Waals surface area contributed by atoms with Gasteiger partial charge in [0.25, 0.3) is 11.4 Å². The van der Waals surface area contributed by atoms with Gasteiger partial charge in [0.1, 0.15) is 23.7 Å². The average Bonchev–Trinajstić information content (AvgIpc) is 2.09. The first kappa shape index (κ1) is 74.8. The monoisotopic (exact) mass is 1290 g/mol. The molecule has 0 saturated heterocycles. The van der Waals surface area contributed by atoms with Crippen LogP contribution in [-0.4, -0.2) is 130 Å².